The molecule has 8 nitrogen and oxygen atoms in total. The summed E-state index contributed by atoms with van der Waals surface area (Å²) in [6.07, 6.45) is 2.76. The van der Waals surface area contributed by atoms with Gasteiger partial charge in [-0.3, -0.25) is 14.9 Å². The Hall–Kier alpha value is -3.11. The first-order valence-corrected chi connectivity index (χ1v) is 9.21. The first kappa shape index (κ1) is 18.7. The highest BCUT2D eigenvalue weighted by Gasteiger charge is 2.10. The fourth-order valence-corrected chi connectivity index (χ4v) is 4.09. The molecule has 0 N–H and O–H groups in total. The van der Waals surface area contributed by atoms with E-state index in [9.17, 15) is 19.7 Å². The summed E-state index contributed by atoms with van der Waals surface area (Å²) in [7, 11) is 3.09. The number of nitro groups is 1. The second kappa shape index (κ2) is 7.64. The van der Waals surface area contributed by atoms with E-state index in [0.717, 1.165) is 21.6 Å². The molecule has 0 unspecified atom stereocenters. The van der Waals surface area contributed by atoms with Crippen LogP contribution in [-0.2, 0) is 16.6 Å². The molecule has 138 valence electrons. The summed E-state index contributed by atoms with van der Waals surface area (Å²) in [6.45, 7) is 0. The number of amides is 1. The summed E-state index contributed by atoms with van der Waals surface area (Å²) in [4.78, 5) is 39.1. The Bertz CT molecular complexity index is 1150. The molecule has 0 spiro atoms. The maximum absolute atomic E-state index is 12.1. The van der Waals surface area contributed by atoms with Crippen LogP contribution in [0.1, 0.15) is 15.2 Å². The van der Waals surface area contributed by atoms with Crippen molar-refractivity contribution in [3.8, 4) is 0 Å². The highest BCUT2D eigenvalue weighted by atomic mass is 32.1. The fourth-order valence-electron chi connectivity index (χ4n) is 2.30. The molecule has 0 bridgehead atoms. The number of hydrogen-bond acceptors (Lipinski definition) is 7. The lowest BCUT2D eigenvalue weighted by molar-refractivity contribution is -0.380. The van der Waals surface area contributed by atoms with Gasteiger partial charge < -0.3 is 9.30 Å². The highest BCUT2D eigenvalue weighted by molar-refractivity contribution is 7.16. The summed E-state index contributed by atoms with van der Waals surface area (Å²) in [5.41, 5.74) is 1.25. The van der Waals surface area contributed by atoms with Crippen LogP contribution in [0.5, 0.6) is 0 Å². The molecule has 0 radical (unpaired) electrons. The van der Waals surface area contributed by atoms with E-state index < -0.39 is 16.8 Å². The average molecular weight is 403 g/mol. The van der Waals surface area contributed by atoms with Crippen LogP contribution < -0.4 is 4.80 Å². The van der Waals surface area contributed by atoms with Gasteiger partial charge in [0.1, 0.15) is 0 Å². The number of rotatable bonds is 4. The molecule has 27 heavy (non-hydrogen) atoms. The van der Waals surface area contributed by atoms with E-state index in [-0.39, 0.29) is 5.00 Å². The maximum atomic E-state index is 12.1. The molecule has 2 aromatic heterocycles. The number of ether oxygens (including phenoxy) is 1. The van der Waals surface area contributed by atoms with Crippen LogP contribution in [0.15, 0.2) is 41.4 Å². The number of aromatic nitrogens is 1. The molecular formula is C17H13N3O5S2. The number of fused-ring (bicyclic) bond motifs is 1. The molecule has 10 heteroatoms. The van der Waals surface area contributed by atoms with E-state index in [4.69, 9.17) is 4.74 Å². The van der Waals surface area contributed by atoms with Crippen molar-refractivity contribution in [1.29, 1.82) is 0 Å². The van der Waals surface area contributed by atoms with Crippen molar-refractivity contribution in [2.24, 2.45) is 12.0 Å². The highest BCUT2D eigenvalue weighted by Crippen LogP contribution is 2.24. The summed E-state index contributed by atoms with van der Waals surface area (Å²) in [6, 6.07) is 8.06. The van der Waals surface area contributed by atoms with Gasteiger partial charge in [0.15, 0.2) is 4.80 Å². The third kappa shape index (κ3) is 4.01. The van der Waals surface area contributed by atoms with Crippen LogP contribution in [0.3, 0.4) is 0 Å². The summed E-state index contributed by atoms with van der Waals surface area (Å²) in [5.74, 6) is -0.920. The maximum Gasteiger partial charge on any atom is 0.337 e. The third-order valence-corrected chi connectivity index (χ3v) is 5.72. The van der Waals surface area contributed by atoms with Crippen molar-refractivity contribution < 1.29 is 19.2 Å². The van der Waals surface area contributed by atoms with Crippen LogP contribution in [0.25, 0.3) is 16.3 Å². The van der Waals surface area contributed by atoms with E-state index in [1.54, 1.807) is 35.9 Å². The van der Waals surface area contributed by atoms with Crippen LogP contribution in [0, 0.1) is 10.1 Å². The predicted molar refractivity (Wildman–Crippen MR) is 103 cm³/mol. The number of thiazole rings is 1. The van der Waals surface area contributed by atoms with Gasteiger partial charge in [-0.25, -0.2) is 4.79 Å². The minimum atomic E-state index is -0.485. The topological polar surface area (TPSA) is 104 Å². The van der Waals surface area contributed by atoms with Gasteiger partial charge in [-0.1, -0.05) is 22.7 Å². The lowest BCUT2D eigenvalue weighted by Crippen LogP contribution is -2.12. The van der Waals surface area contributed by atoms with Gasteiger partial charge in [0.2, 0.25) is 0 Å². The molecule has 0 aliphatic rings. The number of benzene rings is 1. The molecule has 3 rings (SSSR count). The third-order valence-electron chi connectivity index (χ3n) is 3.62. The lowest BCUT2D eigenvalue weighted by Gasteiger charge is -1.99. The molecule has 1 amide bonds. The lowest BCUT2D eigenvalue weighted by atomic mass is 10.2. The molecule has 0 atom stereocenters. The quantitative estimate of drug-likeness (QED) is 0.288. The van der Waals surface area contributed by atoms with Gasteiger partial charge in [-0.2, -0.15) is 4.99 Å². The summed E-state index contributed by atoms with van der Waals surface area (Å²) >= 11 is 2.25. The number of thiophene rings is 1. The number of esters is 1. The van der Waals surface area contributed by atoms with E-state index in [1.807, 2.05) is 0 Å². The van der Waals surface area contributed by atoms with E-state index in [1.165, 1.54) is 36.7 Å². The van der Waals surface area contributed by atoms with Crippen molar-refractivity contribution in [3.05, 3.63) is 61.8 Å². The average Bonchev–Trinajstić information content (AvgIpc) is 3.24. The second-order valence-corrected chi connectivity index (χ2v) is 7.44. The number of carbonyl (C=O) groups excluding carboxylic acids is 2. The monoisotopic (exact) mass is 403 g/mol. The van der Waals surface area contributed by atoms with Crippen LogP contribution in [-0.4, -0.2) is 28.5 Å². The zero-order valence-electron chi connectivity index (χ0n) is 14.2. The Labute approximate surface area is 160 Å². The van der Waals surface area contributed by atoms with Gasteiger partial charge in [0.05, 0.1) is 27.8 Å². The summed E-state index contributed by atoms with van der Waals surface area (Å²) in [5, 5.41) is 10.7. The van der Waals surface area contributed by atoms with Crippen molar-refractivity contribution in [1.82, 2.24) is 4.57 Å². The first-order valence-electron chi connectivity index (χ1n) is 7.58. The van der Waals surface area contributed by atoms with Gasteiger partial charge in [0, 0.05) is 24.1 Å². The Morgan fingerprint density at radius 3 is 2.70 bits per heavy atom. The zero-order valence-corrected chi connectivity index (χ0v) is 15.9. The molecule has 0 aliphatic carbocycles. The van der Waals surface area contributed by atoms with Crippen LogP contribution in [0.2, 0.25) is 0 Å². The van der Waals surface area contributed by atoms with Gasteiger partial charge >= 0.3 is 11.0 Å². The fraction of sp³-hybridized carbons (Fsp3) is 0.118. The van der Waals surface area contributed by atoms with Crippen LogP contribution >= 0.6 is 22.7 Å². The normalized spacial score (nSPS) is 12.0. The van der Waals surface area contributed by atoms with Gasteiger partial charge in [-0.05, 0) is 30.3 Å². The van der Waals surface area contributed by atoms with Gasteiger partial charge in [0.25, 0.3) is 5.91 Å². The number of methoxy groups -OCH3 is 1. The minimum absolute atomic E-state index is 0.0105. The Balaban J connectivity index is 1.88. The van der Waals surface area contributed by atoms with Crippen molar-refractivity contribution in [2.75, 3.05) is 7.11 Å². The van der Waals surface area contributed by atoms with E-state index >= 15 is 0 Å². The van der Waals surface area contributed by atoms with Crippen LogP contribution in [0.4, 0.5) is 5.00 Å². The molecule has 0 saturated heterocycles. The number of hydrogen-bond donors (Lipinski definition) is 0. The van der Waals surface area contributed by atoms with Crippen molar-refractivity contribution >= 4 is 55.8 Å². The first-order chi connectivity index (χ1) is 12.9. The largest absolute Gasteiger partial charge is 0.465 e. The van der Waals surface area contributed by atoms with Crippen molar-refractivity contribution in [3.63, 3.8) is 0 Å². The SMILES string of the molecule is COC(=O)c1ccc2c(c1)sc(=NC(=O)/C=C/c1ccc([N+](=O)[O-])s1)n2C. The molecule has 3 aromatic rings. The number of aryl methyl sites for hydroxylation is 1. The zero-order chi connectivity index (χ0) is 19.6. The Morgan fingerprint density at radius 1 is 1.26 bits per heavy atom. The Kier molecular flexibility index (Phi) is 5.28. The van der Waals surface area contributed by atoms with E-state index in [2.05, 4.69) is 4.99 Å². The smallest absolute Gasteiger partial charge is 0.337 e. The molecule has 0 aliphatic heterocycles. The standard InChI is InChI=1S/C17H13N3O5S2/c1-19-12-6-3-10(16(22)25-2)9-13(12)27-17(19)18-14(21)7-4-11-5-8-15(26-11)20(23)24/h3-9H,1-2H3/b7-4+,18-17?. The Morgan fingerprint density at radius 2 is 2.04 bits per heavy atom. The van der Waals surface area contributed by atoms with Gasteiger partial charge in [-0.15, -0.1) is 0 Å². The predicted octanol–water partition coefficient (Wildman–Crippen LogP) is 3.14. The van der Waals surface area contributed by atoms with Crippen molar-refractivity contribution in [2.45, 2.75) is 0 Å². The second-order valence-electron chi connectivity index (χ2n) is 5.33. The molecule has 0 fully saturated rings. The number of carbonyl (C=O) groups is 2. The molecule has 1 aromatic carbocycles. The number of nitrogens with zero attached hydrogens (tertiary/aromatic N) is 3. The molecule has 2 heterocycles. The van der Waals surface area contributed by atoms with E-state index in [0.29, 0.717) is 15.2 Å². The minimum Gasteiger partial charge on any atom is -0.465 e. The molecule has 0 saturated carbocycles. The molecular weight excluding hydrogens is 390 g/mol. The summed E-state index contributed by atoms with van der Waals surface area (Å²) < 4.78 is 7.26.